The Bertz CT molecular complexity index is 419. The fourth-order valence-corrected chi connectivity index (χ4v) is 2.74. The van der Waals surface area contributed by atoms with Gasteiger partial charge < -0.3 is 9.64 Å². The highest BCUT2D eigenvalue weighted by atomic mass is 32.1. The minimum Gasteiger partial charge on any atom is -0.372 e. The number of hydrogen-bond donors (Lipinski definition) is 0. The standard InChI is InChI=1S/C12H15NO3S/c1-8-4-13(5-9(2)16-8)12(15)10-3-11(6-14)17-7-10/h3,6-9H,4-5H2,1-2H3/t8-,9-/m1/s1. The van der Waals surface area contributed by atoms with Crippen LogP contribution in [-0.2, 0) is 4.74 Å². The third-order valence-electron chi connectivity index (χ3n) is 2.69. The predicted molar refractivity (Wildman–Crippen MR) is 65.6 cm³/mol. The lowest BCUT2D eigenvalue weighted by molar-refractivity contribution is -0.0586. The van der Waals surface area contributed by atoms with Gasteiger partial charge in [-0.25, -0.2) is 0 Å². The molecule has 17 heavy (non-hydrogen) atoms. The van der Waals surface area contributed by atoms with Crippen LogP contribution in [0.4, 0.5) is 0 Å². The second kappa shape index (κ2) is 4.98. The van der Waals surface area contributed by atoms with E-state index in [0.29, 0.717) is 23.5 Å². The summed E-state index contributed by atoms with van der Waals surface area (Å²) < 4.78 is 5.58. The van der Waals surface area contributed by atoms with E-state index in [4.69, 9.17) is 4.74 Å². The number of carbonyl (C=O) groups is 2. The average Bonchev–Trinajstić information content (AvgIpc) is 2.75. The molecule has 0 spiro atoms. The quantitative estimate of drug-likeness (QED) is 0.755. The molecule has 0 N–H and O–H groups in total. The molecule has 5 heteroatoms. The molecule has 2 rings (SSSR count). The molecular formula is C12H15NO3S. The highest BCUT2D eigenvalue weighted by molar-refractivity contribution is 7.12. The lowest BCUT2D eigenvalue weighted by Gasteiger charge is -2.35. The van der Waals surface area contributed by atoms with Crippen molar-refractivity contribution in [1.29, 1.82) is 0 Å². The Balaban J connectivity index is 2.11. The van der Waals surface area contributed by atoms with Crippen molar-refractivity contribution in [3.63, 3.8) is 0 Å². The van der Waals surface area contributed by atoms with Crippen LogP contribution in [0.2, 0.25) is 0 Å². The van der Waals surface area contributed by atoms with Crippen molar-refractivity contribution in [2.45, 2.75) is 26.1 Å². The van der Waals surface area contributed by atoms with Gasteiger partial charge in [-0.2, -0.15) is 0 Å². The first-order valence-corrected chi connectivity index (χ1v) is 6.46. The van der Waals surface area contributed by atoms with Crippen LogP contribution in [0.15, 0.2) is 11.4 Å². The summed E-state index contributed by atoms with van der Waals surface area (Å²) in [6.07, 6.45) is 0.894. The van der Waals surface area contributed by atoms with E-state index in [9.17, 15) is 9.59 Å². The van der Waals surface area contributed by atoms with Crippen molar-refractivity contribution in [2.24, 2.45) is 0 Å². The minimum absolute atomic E-state index is 0.0173. The highest BCUT2D eigenvalue weighted by Crippen LogP contribution is 2.18. The molecule has 0 radical (unpaired) electrons. The van der Waals surface area contributed by atoms with E-state index in [0.717, 1.165) is 6.29 Å². The maximum absolute atomic E-state index is 12.2. The molecule has 1 saturated heterocycles. The van der Waals surface area contributed by atoms with Crippen molar-refractivity contribution >= 4 is 23.5 Å². The summed E-state index contributed by atoms with van der Waals surface area (Å²) in [6, 6.07) is 1.64. The molecule has 0 saturated carbocycles. The lowest BCUT2D eigenvalue weighted by Crippen LogP contribution is -2.48. The number of morpholine rings is 1. The highest BCUT2D eigenvalue weighted by Gasteiger charge is 2.26. The molecule has 2 atom stereocenters. The van der Waals surface area contributed by atoms with Gasteiger partial charge in [0.2, 0.25) is 0 Å². The van der Waals surface area contributed by atoms with E-state index in [-0.39, 0.29) is 18.1 Å². The second-order valence-corrected chi connectivity index (χ2v) is 5.27. The fraction of sp³-hybridized carbons (Fsp3) is 0.500. The maximum Gasteiger partial charge on any atom is 0.254 e. The van der Waals surface area contributed by atoms with Crippen LogP contribution in [0.1, 0.15) is 33.9 Å². The van der Waals surface area contributed by atoms with E-state index in [1.54, 1.807) is 16.3 Å². The Morgan fingerprint density at radius 1 is 1.47 bits per heavy atom. The van der Waals surface area contributed by atoms with E-state index in [2.05, 4.69) is 0 Å². The summed E-state index contributed by atoms with van der Waals surface area (Å²) in [6.45, 7) is 5.13. The monoisotopic (exact) mass is 253 g/mol. The summed E-state index contributed by atoms with van der Waals surface area (Å²) in [5.74, 6) is -0.0173. The molecule has 1 aliphatic rings. The van der Waals surface area contributed by atoms with E-state index in [1.165, 1.54) is 11.3 Å². The summed E-state index contributed by atoms with van der Waals surface area (Å²) in [4.78, 5) is 25.1. The Morgan fingerprint density at radius 3 is 2.65 bits per heavy atom. The lowest BCUT2D eigenvalue weighted by atomic mass is 10.2. The van der Waals surface area contributed by atoms with Crippen molar-refractivity contribution < 1.29 is 14.3 Å². The summed E-state index contributed by atoms with van der Waals surface area (Å²) in [5, 5.41) is 1.73. The first-order chi connectivity index (χ1) is 8.10. The van der Waals surface area contributed by atoms with Gasteiger partial charge in [0.05, 0.1) is 22.6 Å². The van der Waals surface area contributed by atoms with E-state index < -0.39 is 0 Å². The summed E-state index contributed by atoms with van der Waals surface area (Å²) >= 11 is 1.30. The number of aldehydes is 1. The average molecular weight is 253 g/mol. The molecule has 1 aromatic heterocycles. The van der Waals surface area contributed by atoms with Gasteiger partial charge in [0, 0.05) is 18.5 Å². The zero-order chi connectivity index (χ0) is 12.4. The van der Waals surface area contributed by atoms with E-state index >= 15 is 0 Å². The topological polar surface area (TPSA) is 46.6 Å². The van der Waals surface area contributed by atoms with Crippen LogP contribution in [0.5, 0.6) is 0 Å². The molecule has 0 bridgehead atoms. The largest absolute Gasteiger partial charge is 0.372 e. The number of carbonyl (C=O) groups excluding carboxylic acids is 2. The van der Waals surface area contributed by atoms with Gasteiger partial charge in [0.15, 0.2) is 6.29 Å². The first kappa shape index (κ1) is 12.3. The molecule has 0 aliphatic carbocycles. The normalized spacial score (nSPS) is 24.7. The van der Waals surface area contributed by atoms with Crippen molar-refractivity contribution in [3.8, 4) is 0 Å². The zero-order valence-electron chi connectivity index (χ0n) is 9.88. The molecule has 0 aromatic carbocycles. The SMILES string of the molecule is C[C@@H]1CN(C(=O)c2csc(C=O)c2)C[C@@H](C)O1. The van der Waals surface area contributed by atoms with Crippen LogP contribution in [-0.4, -0.2) is 42.4 Å². The molecule has 1 aromatic rings. The predicted octanol–water partition coefficient (Wildman–Crippen LogP) is 1.81. The molecular weight excluding hydrogens is 238 g/mol. The zero-order valence-corrected chi connectivity index (χ0v) is 10.7. The Labute approximate surface area is 104 Å². The molecule has 1 aliphatic heterocycles. The van der Waals surface area contributed by atoms with Gasteiger partial charge in [-0.05, 0) is 19.9 Å². The summed E-state index contributed by atoms with van der Waals surface area (Å²) in [5.41, 5.74) is 0.596. The number of rotatable bonds is 2. The molecule has 4 nitrogen and oxygen atoms in total. The maximum atomic E-state index is 12.2. The number of nitrogens with zero attached hydrogens (tertiary/aromatic N) is 1. The van der Waals surface area contributed by atoms with Gasteiger partial charge in [-0.1, -0.05) is 0 Å². The number of ether oxygens (including phenoxy) is 1. The molecule has 0 unspecified atom stereocenters. The van der Waals surface area contributed by atoms with Crippen molar-refractivity contribution in [1.82, 2.24) is 4.90 Å². The number of hydrogen-bond acceptors (Lipinski definition) is 4. The molecule has 2 heterocycles. The van der Waals surface area contributed by atoms with Crippen LogP contribution in [0.25, 0.3) is 0 Å². The van der Waals surface area contributed by atoms with Crippen molar-refractivity contribution in [2.75, 3.05) is 13.1 Å². The Morgan fingerprint density at radius 2 is 2.12 bits per heavy atom. The third kappa shape index (κ3) is 2.73. The Kier molecular flexibility index (Phi) is 3.59. The number of thiophene rings is 1. The van der Waals surface area contributed by atoms with Gasteiger partial charge in [0.1, 0.15) is 0 Å². The van der Waals surface area contributed by atoms with Crippen LogP contribution in [0.3, 0.4) is 0 Å². The smallest absolute Gasteiger partial charge is 0.254 e. The Hall–Kier alpha value is -1.20. The van der Waals surface area contributed by atoms with E-state index in [1.807, 2.05) is 13.8 Å². The fourth-order valence-electron chi connectivity index (χ4n) is 2.05. The van der Waals surface area contributed by atoms with Gasteiger partial charge in [0.25, 0.3) is 5.91 Å². The number of amides is 1. The molecule has 92 valence electrons. The van der Waals surface area contributed by atoms with Crippen molar-refractivity contribution in [3.05, 3.63) is 21.9 Å². The minimum atomic E-state index is -0.0173. The van der Waals surface area contributed by atoms with Crippen LogP contribution < -0.4 is 0 Å². The van der Waals surface area contributed by atoms with Gasteiger partial charge >= 0.3 is 0 Å². The van der Waals surface area contributed by atoms with Crippen LogP contribution in [0, 0.1) is 0 Å². The molecule has 1 fully saturated rings. The molecule has 1 amide bonds. The first-order valence-electron chi connectivity index (χ1n) is 5.58. The van der Waals surface area contributed by atoms with Gasteiger partial charge in [-0.15, -0.1) is 11.3 Å². The third-order valence-corrected chi connectivity index (χ3v) is 3.55. The summed E-state index contributed by atoms with van der Waals surface area (Å²) in [7, 11) is 0. The van der Waals surface area contributed by atoms with Gasteiger partial charge in [-0.3, -0.25) is 9.59 Å². The second-order valence-electron chi connectivity index (χ2n) is 4.32. The van der Waals surface area contributed by atoms with Crippen LogP contribution >= 0.6 is 11.3 Å².